The Bertz CT molecular complexity index is 1090. The molecule has 0 saturated heterocycles. The lowest BCUT2D eigenvalue weighted by molar-refractivity contribution is -0.384. The minimum atomic E-state index is -4.22. The number of hydrogen-bond acceptors (Lipinski definition) is 8. The molecular formula is C20H24N4O7S. The highest BCUT2D eigenvalue weighted by molar-refractivity contribution is 7.89. The van der Waals surface area contributed by atoms with Gasteiger partial charge in [-0.1, -0.05) is 30.3 Å². The lowest BCUT2D eigenvalue weighted by Crippen LogP contribution is -2.34. The predicted octanol–water partition coefficient (Wildman–Crippen LogP) is 1.36. The number of esters is 1. The van der Waals surface area contributed by atoms with Gasteiger partial charge in [0.2, 0.25) is 10.0 Å². The van der Waals surface area contributed by atoms with Crippen LogP contribution in [0.15, 0.2) is 53.4 Å². The fourth-order valence-electron chi connectivity index (χ4n) is 2.74. The van der Waals surface area contributed by atoms with Gasteiger partial charge in [-0.15, -0.1) is 0 Å². The first-order valence-electron chi connectivity index (χ1n) is 9.46. The Morgan fingerprint density at radius 2 is 1.81 bits per heavy atom. The second-order valence-electron chi connectivity index (χ2n) is 6.99. The summed E-state index contributed by atoms with van der Waals surface area (Å²) in [4.78, 5) is 35.4. The third-order valence-corrected chi connectivity index (χ3v) is 5.78. The topological polar surface area (TPSA) is 148 Å². The number of nitrogens with zero attached hydrogens (tertiary/aromatic N) is 2. The van der Waals surface area contributed by atoms with E-state index in [1.165, 1.54) is 17.0 Å². The van der Waals surface area contributed by atoms with E-state index < -0.39 is 45.7 Å². The van der Waals surface area contributed by atoms with Crippen molar-refractivity contribution in [1.29, 1.82) is 0 Å². The second kappa shape index (κ2) is 10.7. The number of amides is 1. The van der Waals surface area contributed by atoms with Gasteiger partial charge in [-0.25, -0.2) is 8.42 Å². The standard InChI is InChI=1S/C20H24N4O7S/c1-14(15-7-5-4-6-8-15)22-19(25)13-31-20(26)12-21-32(29,30)16-9-10-17(23(2)3)18(11-16)24(27)28/h4-11,14,21H,12-13H2,1-3H3,(H,22,25)/t14-/m0/s1. The molecular weight excluding hydrogens is 440 g/mol. The molecule has 1 atom stereocenters. The van der Waals surface area contributed by atoms with Crippen LogP contribution in [0, 0.1) is 10.1 Å². The molecule has 0 aromatic heterocycles. The molecule has 2 N–H and O–H groups in total. The van der Waals surface area contributed by atoms with E-state index in [2.05, 4.69) is 5.32 Å². The summed E-state index contributed by atoms with van der Waals surface area (Å²) in [5, 5.41) is 13.9. The maximum atomic E-state index is 12.4. The molecule has 0 aliphatic rings. The molecule has 2 aromatic rings. The molecule has 0 spiro atoms. The second-order valence-corrected chi connectivity index (χ2v) is 8.75. The molecule has 2 aromatic carbocycles. The normalized spacial score (nSPS) is 12.0. The molecule has 0 aliphatic heterocycles. The number of anilines is 1. The van der Waals surface area contributed by atoms with Crippen LogP contribution in [0.25, 0.3) is 0 Å². The average molecular weight is 465 g/mol. The molecule has 32 heavy (non-hydrogen) atoms. The first-order valence-corrected chi connectivity index (χ1v) is 10.9. The zero-order valence-corrected chi connectivity index (χ0v) is 18.6. The van der Waals surface area contributed by atoms with Gasteiger partial charge in [-0.3, -0.25) is 19.7 Å². The zero-order chi connectivity index (χ0) is 23.9. The van der Waals surface area contributed by atoms with E-state index in [0.29, 0.717) is 0 Å². The summed E-state index contributed by atoms with van der Waals surface area (Å²) < 4.78 is 31.6. The number of nitro benzene ring substituents is 1. The molecule has 12 heteroatoms. The summed E-state index contributed by atoms with van der Waals surface area (Å²) in [6, 6.07) is 12.2. The van der Waals surface area contributed by atoms with Crippen molar-refractivity contribution in [2.24, 2.45) is 0 Å². The van der Waals surface area contributed by atoms with Crippen molar-refractivity contribution >= 4 is 33.3 Å². The first kappa shape index (κ1) is 24.8. The third kappa shape index (κ3) is 6.75. The van der Waals surface area contributed by atoms with Crippen LogP contribution < -0.4 is 14.9 Å². The molecule has 11 nitrogen and oxygen atoms in total. The van der Waals surface area contributed by atoms with Crippen molar-refractivity contribution in [2.75, 3.05) is 32.1 Å². The Morgan fingerprint density at radius 3 is 2.41 bits per heavy atom. The van der Waals surface area contributed by atoms with Crippen LogP contribution in [0.2, 0.25) is 0 Å². The van der Waals surface area contributed by atoms with E-state index in [0.717, 1.165) is 11.6 Å². The van der Waals surface area contributed by atoms with Gasteiger partial charge in [0.25, 0.3) is 11.6 Å². The van der Waals surface area contributed by atoms with Crippen molar-refractivity contribution in [1.82, 2.24) is 10.0 Å². The maximum absolute atomic E-state index is 12.4. The third-order valence-electron chi connectivity index (χ3n) is 4.38. The Hall–Kier alpha value is -3.51. The minimum absolute atomic E-state index is 0.226. The number of nitrogens with one attached hydrogen (secondary N) is 2. The van der Waals surface area contributed by atoms with Crippen LogP contribution in [0.5, 0.6) is 0 Å². The van der Waals surface area contributed by atoms with Crippen molar-refractivity contribution in [3.8, 4) is 0 Å². The highest BCUT2D eigenvalue weighted by atomic mass is 32.2. The molecule has 0 unspecified atom stereocenters. The van der Waals surface area contributed by atoms with E-state index in [4.69, 9.17) is 4.74 Å². The molecule has 0 radical (unpaired) electrons. The maximum Gasteiger partial charge on any atom is 0.321 e. The predicted molar refractivity (Wildman–Crippen MR) is 117 cm³/mol. The summed E-state index contributed by atoms with van der Waals surface area (Å²) in [7, 11) is -1.05. The molecule has 0 fully saturated rings. The molecule has 0 aliphatic carbocycles. The van der Waals surface area contributed by atoms with Gasteiger partial charge in [0.05, 0.1) is 15.9 Å². The van der Waals surface area contributed by atoms with Crippen LogP contribution in [-0.4, -0.2) is 52.5 Å². The average Bonchev–Trinajstić information content (AvgIpc) is 2.76. The number of sulfonamides is 1. The summed E-state index contributed by atoms with van der Waals surface area (Å²) in [6.07, 6.45) is 0. The van der Waals surface area contributed by atoms with Gasteiger partial charge in [0.1, 0.15) is 12.2 Å². The summed E-state index contributed by atoms with van der Waals surface area (Å²) in [6.45, 7) is 0.442. The Morgan fingerprint density at radius 1 is 1.16 bits per heavy atom. The molecule has 1 amide bonds. The zero-order valence-electron chi connectivity index (χ0n) is 17.8. The summed E-state index contributed by atoms with van der Waals surface area (Å²) >= 11 is 0. The lowest BCUT2D eigenvalue weighted by atomic mass is 10.1. The highest BCUT2D eigenvalue weighted by Crippen LogP contribution is 2.29. The van der Waals surface area contributed by atoms with Gasteiger partial charge >= 0.3 is 5.97 Å². The number of hydrogen-bond donors (Lipinski definition) is 2. The van der Waals surface area contributed by atoms with E-state index in [1.54, 1.807) is 21.0 Å². The van der Waals surface area contributed by atoms with Crippen molar-refractivity contribution in [3.63, 3.8) is 0 Å². The molecule has 2 rings (SSSR count). The van der Waals surface area contributed by atoms with Crippen LogP contribution in [-0.2, 0) is 24.3 Å². The number of carbonyl (C=O) groups excluding carboxylic acids is 2. The first-order chi connectivity index (χ1) is 15.0. The van der Waals surface area contributed by atoms with Crippen LogP contribution in [0.3, 0.4) is 0 Å². The van der Waals surface area contributed by atoms with E-state index in [1.807, 2.05) is 35.1 Å². The van der Waals surface area contributed by atoms with E-state index >= 15 is 0 Å². The van der Waals surface area contributed by atoms with E-state index in [-0.39, 0.29) is 16.6 Å². The quantitative estimate of drug-likeness (QED) is 0.304. The Balaban J connectivity index is 1.91. The van der Waals surface area contributed by atoms with Gasteiger partial charge in [-0.2, -0.15) is 4.72 Å². The number of carbonyl (C=O) groups is 2. The van der Waals surface area contributed by atoms with Crippen LogP contribution in [0.1, 0.15) is 18.5 Å². The fourth-order valence-corrected chi connectivity index (χ4v) is 3.73. The summed E-state index contributed by atoms with van der Waals surface area (Å²) in [5.74, 6) is -1.53. The molecule has 0 saturated carbocycles. The monoisotopic (exact) mass is 464 g/mol. The van der Waals surface area contributed by atoms with Gasteiger partial charge in [0.15, 0.2) is 6.61 Å². The summed E-state index contributed by atoms with van der Waals surface area (Å²) in [5.41, 5.74) is 0.697. The Labute approximate surface area is 185 Å². The Kier molecular flexibility index (Phi) is 8.27. The van der Waals surface area contributed by atoms with Crippen LogP contribution in [0.4, 0.5) is 11.4 Å². The molecule has 172 valence electrons. The number of rotatable bonds is 10. The fraction of sp³-hybridized carbons (Fsp3) is 0.300. The minimum Gasteiger partial charge on any atom is -0.455 e. The molecule has 0 bridgehead atoms. The SMILES string of the molecule is C[C@H](NC(=O)COC(=O)CNS(=O)(=O)c1ccc(N(C)C)c([N+](=O)[O-])c1)c1ccccc1. The van der Waals surface area contributed by atoms with Crippen molar-refractivity contribution < 1.29 is 27.7 Å². The number of benzene rings is 2. The number of nitro groups is 1. The largest absolute Gasteiger partial charge is 0.455 e. The number of ether oxygens (including phenoxy) is 1. The van der Waals surface area contributed by atoms with Crippen molar-refractivity contribution in [3.05, 3.63) is 64.2 Å². The molecule has 0 heterocycles. The van der Waals surface area contributed by atoms with Gasteiger partial charge < -0.3 is 15.0 Å². The van der Waals surface area contributed by atoms with Gasteiger partial charge in [0, 0.05) is 20.2 Å². The van der Waals surface area contributed by atoms with Crippen LogP contribution >= 0.6 is 0 Å². The lowest BCUT2D eigenvalue weighted by Gasteiger charge is -2.14. The van der Waals surface area contributed by atoms with Crippen molar-refractivity contribution in [2.45, 2.75) is 17.9 Å². The highest BCUT2D eigenvalue weighted by Gasteiger charge is 2.23. The smallest absolute Gasteiger partial charge is 0.321 e. The van der Waals surface area contributed by atoms with Gasteiger partial charge in [-0.05, 0) is 24.6 Å². The van der Waals surface area contributed by atoms with E-state index in [9.17, 15) is 28.1 Å².